The Morgan fingerprint density at radius 1 is 0.891 bits per heavy atom. The number of rotatable bonds is 7. The number of nitrogens with one attached hydrogen (secondary N) is 1. The highest BCUT2D eigenvalue weighted by molar-refractivity contribution is 5.93. The number of fused-ring (bicyclic) bond motifs is 2. The van der Waals surface area contributed by atoms with Crippen LogP contribution in [-0.2, 0) is 9.53 Å². The van der Waals surface area contributed by atoms with Crippen molar-refractivity contribution in [3.8, 4) is 45.4 Å². The fourth-order valence-corrected chi connectivity index (χ4v) is 5.69. The molecule has 0 radical (unpaired) electrons. The van der Waals surface area contributed by atoms with Crippen molar-refractivity contribution in [3.05, 3.63) is 83.0 Å². The van der Waals surface area contributed by atoms with Crippen LogP contribution in [-0.4, -0.2) is 85.5 Å². The number of carbonyl (C=O) groups is 1. The Labute approximate surface area is 259 Å². The molecule has 0 aliphatic carbocycles. The standard InChI is InChI=1S/C33H29NO12/c1-34-14-33(32(42)43)30(41)28(39)29(40)31(46-33)45-24-13-23-25(27(38)26(24)37)21(36)12-22(44-23)19-9-8-18(35)11-20(19)17-7-6-15-4-2-3-5-16(15)10-17/h2-13,28-31,34-35,37-41H,14H2,1H3,(H,42,43)/t28-,29-,30+,31-,33-/m1/s1. The summed E-state index contributed by atoms with van der Waals surface area (Å²) in [4.78, 5) is 25.4. The summed E-state index contributed by atoms with van der Waals surface area (Å²) in [7, 11) is 1.38. The van der Waals surface area contributed by atoms with Crippen LogP contribution in [0.1, 0.15) is 0 Å². The SMILES string of the molecule is CNC[C@@]1(C(=O)O)O[C@@H](Oc2cc3oc(-c4ccc(O)cc4-c4ccc5ccccc5c4)cc(=O)c3c(O)c2O)[C@H](O)[C@@H](O)[C@@H]1O. The maximum Gasteiger partial charge on any atom is 0.340 e. The van der Waals surface area contributed by atoms with Gasteiger partial charge in [-0.05, 0) is 53.2 Å². The largest absolute Gasteiger partial charge is 0.508 e. The van der Waals surface area contributed by atoms with Crippen LogP contribution in [0.4, 0.5) is 0 Å². The molecule has 46 heavy (non-hydrogen) atoms. The maximum atomic E-state index is 13.3. The highest BCUT2D eigenvalue weighted by atomic mass is 16.7. The number of carboxylic acids is 1. The summed E-state index contributed by atoms with van der Waals surface area (Å²) in [6, 6.07) is 20.0. The van der Waals surface area contributed by atoms with Crippen molar-refractivity contribution < 1.29 is 54.4 Å². The van der Waals surface area contributed by atoms with Gasteiger partial charge in [0.15, 0.2) is 16.9 Å². The summed E-state index contributed by atoms with van der Waals surface area (Å²) in [5.74, 6) is -4.17. The molecule has 1 aromatic heterocycles. The molecule has 0 amide bonds. The Bertz CT molecular complexity index is 2040. The number of ether oxygens (including phenoxy) is 2. The molecular formula is C33H29NO12. The molecule has 6 rings (SSSR count). The number of aliphatic hydroxyl groups excluding tert-OH is 3. The van der Waals surface area contributed by atoms with Crippen molar-refractivity contribution in [3.63, 3.8) is 0 Å². The zero-order valence-electron chi connectivity index (χ0n) is 24.1. The van der Waals surface area contributed by atoms with E-state index < -0.39 is 70.8 Å². The summed E-state index contributed by atoms with van der Waals surface area (Å²) in [5.41, 5.74) is -1.84. The molecule has 1 fully saturated rings. The lowest BCUT2D eigenvalue weighted by atomic mass is 9.86. The van der Waals surface area contributed by atoms with Gasteiger partial charge in [0, 0.05) is 24.2 Å². The molecule has 4 aromatic carbocycles. The van der Waals surface area contributed by atoms with Gasteiger partial charge in [-0.15, -0.1) is 0 Å². The van der Waals surface area contributed by atoms with E-state index >= 15 is 0 Å². The molecular weight excluding hydrogens is 602 g/mol. The normalized spacial score (nSPS) is 23.0. The van der Waals surface area contributed by atoms with Gasteiger partial charge in [-0.3, -0.25) is 4.79 Å². The van der Waals surface area contributed by atoms with Gasteiger partial charge < -0.3 is 55.0 Å². The summed E-state index contributed by atoms with van der Waals surface area (Å²) in [5, 5.41) is 77.2. The van der Waals surface area contributed by atoms with Gasteiger partial charge in [0.25, 0.3) is 0 Å². The Kier molecular flexibility index (Phi) is 7.80. The van der Waals surface area contributed by atoms with E-state index in [0.29, 0.717) is 16.7 Å². The number of hydrogen-bond donors (Lipinski definition) is 8. The quantitative estimate of drug-likeness (QED) is 0.121. The molecule has 0 spiro atoms. The Morgan fingerprint density at radius 2 is 1.63 bits per heavy atom. The number of hydrogen-bond acceptors (Lipinski definition) is 12. The first-order valence-corrected chi connectivity index (χ1v) is 14.1. The summed E-state index contributed by atoms with van der Waals surface area (Å²) >= 11 is 0. The van der Waals surface area contributed by atoms with Crippen molar-refractivity contribution in [1.82, 2.24) is 5.32 Å². The van der Waals surface area contributed by atoms with Crippen LogP contribution in [0, 0.1) is 0 Å². The van der Waals surface area contributed by atoms with E-state index in [0.717, 1.165) is 22.9 Å². The fourth-order valence-electron chi connectivity index (χ4n) is 5.69. The number of aliphatic carboxylic acids is 1. The van der Waals surface area contributed by atoms with Crippen molar-refractivity contribution in [2.24, 2.45) is 0 Å². The molecule has 8 N–H and O–H groups in total. The minimum absolute atomic E-state index is 0.0307. The number of phenolic OH excluding ortho intramolecular Hbond substituents is 3. The molecule has 0 saturated carbocycles. The van der Waals surface area contributed by atoms with Crippen molar-refractivity contribution in [1.29, 1.82) is 0 Å². The monoisotopic (exact) mass is 631 g/mol. The summed E-state index contributed by atoms with van der Waals surface area (Å²) in [6.07, 6.45) is -8.10. The Balaban J connectivity index is 1.45. The number of aliphatic hydroxyl groups is 3. The number of aromatic hydroxyl groups is 3. The zero-order chi connectivity index (χ0) is 32.9. The number of phenols is 3. The van der Waals surface area contributed by atoms with E-state index in [2.05, 4.69) is 5.32 Å². The molecule has 13 nitrogen and oxygen atoms in total. The van der Waals surface area contributed by atoms with Gasteiger partial charge in [0.2, 0.25) is 17.6 Å². The van der Waals surface area contributed by atoms with E-state index in [4.69, 9.17) is 13.9 Å². The third-order valence-corrected chi connectivity index (χ3v) is 8.06. The minimum Gasteiger partial charge on any atom is -0.508 e. The second kappa shape index (κ2) is 11.6. The number of carboxylic acid groups (broad SMARTS) is 1. The molecule has 2 heterocycles. The average Bonchev–Trinajstić information content (AvgIpc) is 3.04. The lowest BCUT2D eigenvalue weighted by Crippen LogP contribution is -2.71. The van der Waals surface area contributed by atoms with Gasteiger partial charge >= 0.3 is 5.97 Å². The van der Waals surface area contributed by atoms with Gasteiger partial charge in [-0.1, -0.05) is 36.4 Å². The Morgan fingerprint density at radius 3 is 2.35 bits per heavy atom. The minimum atomic E-state index is -2.47. The molecule has 1 saturated heterocycles. The van der Waals surface area contributed by atoms with Crippen LogP contribution in [0.2, 0.25) is 0 Å². The average molecular weight is 632 g/mol. The van der Waals surface area contributed by atoms with E-state index in [1.54, 1.807) is 6.07 Å². The van der Waals surface area contributed by atoms with Crippen LogP contribution in [0.15, 0.2) is 82.0 Å². The third kappa shape index (κ3) is 5.05. The van der Waals surface area contributed by atoms with Crippen molar-refractivity contribution in [2.45, 2.75) is 30.2 Å². The molecule has 0 bridgehead atoms. The van der Waals surface area contributed by atoms with Crippen molar-refractivity contribution >= 4 is 27.7 Å². The predicted molar refractivity (Wildman–Crippen MR) is 164 cm³/mol. The molecule has 1 aliphatic rings. The molecule has 1 aliphatic heterocycles. The van der Waals surface area contributed by atoms with Crippen molar-refractivity contribution in [2.75, 3.05) is 13.6 Å². The molecule has 5 atom stereocenters. The maximum absolute atomic E-state index is 13.3. The van der Waals surface area contributed by atoms with Crippen LogP contribution in [0.5, 0.6) is 23.0 Å². The van der Waals surface area contributed by atoms with Gasteiger partial charge in [0.1, 0.15) is 40.8 Å². The first kappa shape index (κ1) is 30.8. The van der Waals surface area contributed by atoms with Gasteiger partial charge in [0.05, 0.1) is 0 Å². The van der Waals surface area contributed by atoms with E-state index in [1.165, 1.54) is 19.2 Å². The number of likely N-dealkylation sites (N-methyl/N-ethyl adjacent to an activating group) is 1. The van der Waals surface area contributed by atoms with Gasteiger partial charge in [-0.2, -0.15) is 0 Å². The Hall–Kier alpha value is -5.18. The fraction of sp³-hybridized carbons (Fsp3) is 0.212. The summed E-state index contributed by atoms with van der Waals surface area (Å²) in [6.45, 7) is -0.507. The zero-order valence-corrected chi connectivity index (χ0v) is 24.1. The highest BCUT2D eigenvalue weighted by Gasteiger charge is 2.59. The lowest BCUT2D eigenvalue weighted by Gasteiger charge is -2.45. The molecule has 238 valence electrons. The summed E-state index contributed by atoms with van der Waals surface area (Å²) < 4.78 is 17.0. The van der Waals surface area contributed by atoms with Crippen LogP contribution in [0.25, 0.3) is 44.2 Å². The number of benzene rings is 4. The second-order valence-corrected chi connectivity index (χ2v) is 11.0. The van der Waals surface area contributed by atoms with Gasteiger partial charge in [-0.25, -0.2) is 4.79 Å². The van der Waals surface area contributed by atoms with Crippen LogP contribution < -0.4 is 15.5 Å². The second-order valence-electron chi connectivity index (χ2n) is 11.0. The highest BCUT2D eigenvalue weighted by Crippen LogP contribution is 2.44. The van der Waals surface area contributed by atoms with E-state index in [-0.39, 0.29) is 17.1 Å². The van der Waals surface area contributed by atoms with Crippen LogP contribution >= 0.6 is 0 Å². The smallest absolute Gasteiger partial charge is 0.340 e. The molecule has 5 aromatic rings. The first-order valence-electron chi connectivity index (χ1n) is 14.1. The topological polar surface area (TPSA) is 219 Å². The predicted octanol–water partition coefficient (Wildman–Crippen LogP) is 2.26. The third-order valence-electron chi connectivity index (χ3n) is 8.06. The first-order chi connectivity index (χ1) is 21.9. The molecule has 13 heteroatoms. The van der Waals surface area contributed by atoms with E-state index in [1.807, 2.05) is 42.5 Å². The molecule has 0 unspecified atom stereocenters. The van der Waals surface area contributed by atoms with Crippen LogP contribution in [0.3, 0.4) is 0 Å². The van der Waals surface area contributed by atoms with E-state index in [9.17, 15) is 45.3 Å². The lowest BCUT2D eigenvalue weighted by molar-refractivity contribution is -0.305.